The molecule has 2 aromatic rings. The fraction of sp³-hybridized carbons (Fsp3) is 0.474. The molecule has 1 N–H and O–H groups in total. The number of hydrazone groups is 1. The molecule has 0 unspecified atom stereocenters. The summed E-state index contributed by atoms with van der Waals surface area (Å²) in [5.74, 6) is 1.88. The summed E-state index contributed by atoms with van der Waals surface area (Å²) in [6.45, 7) is 6.90. The van der Waals surface area contributed by atoms with Crippen LogP contribution in [0.2, 0.25) is 0 Å². The molecule has 8 heteroatoms. The zero-order valence-electron chi connectivity index (χ0n) is 15.6. The molecule has 142 valence electrons. The summed E-state index contributed by atoms with van der Waals surface area (Å²) in [5, 5.41) is 4.47. The van der Waals surface area contributed by atoms with Gasteiger partial charge in [0.25, 0.3) is 0 Å². The fourth-order valence-corrected chi connectivity index (χ4v) is 3.24. The number of ether oxygens (including phenoxy) is 1. The molecule has 0 aliphatic carbocycles. The van der Waals surface area contributed by atoms with Gasteiger partial charge in [-0.3, -0.25) is 0 Å². The number of rotatable bonds is 5. The molecule has 2 aliphatic rings. The normalized spacial score (nSPS) is 18.0. The Morgan fingerprint density at radius 1 is 0.926 bits per heavy atom. The molecule has 0 radical (unpaired) electrons. The van der Waals surface area contributed by atoms with Gasteiger partial charge in [-0.05, 0) is 25.3 Å². The Bertz CT molecular complexity index is 784. The van der Waals surface area contributed by atoms with Gasteiger partial charge in [-0.25, -0.2) is 5.43 Å². The van der Waals surface area contributed by atoms with Crippen LogP contribution in [0.3, 0.4) is 0 Å². The van der Waals surface area contributed by atoms with Crippen LogP contribution in [0.1, 0.15) is 25.3 Å². The third kappa shape index (κ3) is 4.33. The first-order chi connectivity index (χ1) is 13.3. The number of benzene rings is 1. The summed E-state index contributed by atoms with van der Waals surface area (Å²) >= 11 is 0. The second kappa shape index (κ2) is 8.30. The summed E-state index contributed by atoms with van der Waals surface area (Å²) in [4.78, 5) is 18.3. The molecule has 0 saturated carbocycles. The van der Waals surface area contributed by atoms with E-state index in [9.17, 15) is 0 Å². The minimum atomic E-state index is 0.476. The van der Waals surface area contributed by atoms with Crippen LogP contribution in [0, 0.1) is 0 Å². The highest BCUT2D eigenvalue weighted by atomic mass is 16.5. The van der Waals surface area contributed by atoms with Crippen molar-refractivity contribution in [1.82, 2.24) is 15.0 Å². The van der Waals surface area contributed by atoms with Gasteiger partial charge in [-0.1, -0.05) is 30.3 Å². The quantitative estimate of drug-likeness (QED) is 0.641. The van der Waals surface area contributed by atoms with Gasteiger partial charge in [0.05, 0.1) is 18.9 Å². The van der Waals surface area contributed by atoms with Gasteiger partial charge in [-0.15, -0.1) is 0 Å². The van der Waals surface area contributed by atoms with Crippen LogP contribution in [0.15, 0.2) is 35.4 Å². The number of morpholine rings is 1. The van der Waals surface area contributed by atoms with Crippen molar-refractivity contribution >= 4 is 23.6 Å². The Balaban J connectivity index is 1.59. The standard InChI is InChI=1S/C19H25N7O/c1-15(16-7-3-2-4-8-16)23-24-17-20-18(25-9-5-6-10-25)22-19(21-17)26-11-13-27-14-12-26/h2-4,7-8H,5-6,9-14H2,1H3,(H,20,21,22,24)/b23-15+. The maximum atomic E-state index is 5.45. The Labute approximate surface area is 159 Å². The van der Waals surface area contributed by atoms with Gasteiger partial charge in [0.15, 0.2) is 0 Å². The number of nitrogens with one attached hydrogen (secondary N) is 1. The summed E-state index contributed by atoms with van der Waals surface area (Å²) in [7, 11) is 0. The molecule has 2 saturated heterocycles. The van der Waals surface area contributed by atoms with Crippen molar-refractivity contribution in [2.24, 2.45) is 5.10 Å². The molecular weight excluding hydrogens is 342 g/mol. The van der Waals surface area contributed by atoms with Crippen molar-refractivity contribution in [3.8, 4) is 0 Å². The third-order valence-corrected chi connectivity index (χ3v) is 4.81. The molecule has 0 bridgehead atoms. The predicted octanol–water partition coefficient (Wildman–Crippen LogP) is 2.14. The Morgan fingerprint density at radius 3 is 2.22 bits per heavy atom. The first kappa shape index (κ1) is 17.7. The zero-order valence-corrected chi connectivity index (χ0v) is 15.6. The lowest BCUT2D eigenvalue weighted by atomic mass is 10.1. The molecule has 3 heterocycles. The van der Waals surface area contributed by atoms with Gasteiger partial charge in [0, 0.05) is 26.2 Å². The fourth-order valence-electron chi connectivity index (χ4n) is 3.24. The smallest absolute Gasteiger partial charge is 0.250 e. The van der Waals surface area contributed by atoms with E-state index in [0.29, 0.717) is 25.1 Å². The van der Waals surface area contributed by atoms with E-state index >= 15 is 0 Å². The average molecular weight is 367 g/mol. The van der Waals surface area contributed by atoms with Crippen LogP contribution in [-0.2, 0) is 4.74 Å². The minimum Gasteiger partial charge on any atom is -0.378 e. The number of hydrogen-bond acceptors (Lipinski definition) is 8. The highest BCUT2D eigenvalue weighted by molar-refractivity contribution is 5.98. The Morgan fingerprint density at radius 2 is 1.56 bits per heavy atom. The van der Waals surface area contributed by atoms with Crippen molar-refractivity contribution in [1.29, 1.82) is 0 Å². The molecule has 0 amide bonds. The molecular formula is C19H25N7O. The molecule has 1 aromatic heterocycles. The number of anilines is 3. The number of aromatic nitrogens is 3. The first-order valence-corrected chi connectivity index (χ1v) is 9.49. The van der Waals surface area contributed by atoms with E-state index in [-0.39, 0.29) is 0 Å². The van der Waals surface area contributed by atoms with Crippen LogP contribution >= 0.6 is 0 Å². The lowest BCUT2D eigenvalue weighted by molar-refractivity contribution is 0.122. The van der Waals surface area contributed by atoms with E-state index in [4.69, 9.17) is 9.72 Å². The highest BCUT2D eigenvalue weighted by Gasteiger charge is 2.21. The van der Waals surface area contributed by atoms with Crippen molar-refractivity contribution in [2.75, 3.05) is 54.6 Å². The molecule has 4 rings (SSSR count). The molecule has 1 aromatic carbocycles. The largest absolute Gasteiger partial charge is 0.378 e. The SMILES string of the molecule is C/C(=N\Nc1nc(N2CCCC2)nc(N2CCOCC2)n1)c1ccccc1. The minimum absolute atomic E-state index is 0.476. The molecule has 0 spiro atoms. The molecule has 27 heavy (non-hydrogen) atoms. The van der Waals surface area contributed by atoms with E-state index in [2.05, 4.69) is 30.3 Å². The van der Waals surface area contributed by atoms with Gasteiger partial charge >= 0.3 is 0 Å². The maximum absolute atomic E-state index is 5.45. The van der Waals surface area contributed by atoms with E-state index in [1.54, 1.807) is 0 Å². The van der Waals surface area contributed by atoms with Crippen LogP contribution in [-0.4, -0.2) is 60.1 Å². The van der Waals surface area contributed by atoms with Gasteiger partial charge in [0.1, 0.15) is 0 Å². The van der Waals surface area contributed by atoms with Crippen molar-refractivity contribution in [3.05, 3.63) is 35.9 Å². The summed E-state index contributed by atoms with van der Waals surface area (Å²) in [5.41, 5.74) is 4.97. The van der Waals surface area contributed by atoms with E-state index in [0.717, 1.165) is 43.4 Å². The van der Waals surface area contributed by atoms with Crippen molar-refractivity contribution in [3.63, 3.8) is 0 Å². The Kier molecular flexibility index (Phi) is 5.43. The molecule has 0 atom stereocenters. The van der Waals surface area contributed by atoms with Gasteiger partial charge < -0.3 is 14.5 Å². The molecule has 2 aliphatic heterocycles. The van der Waals surface area contributed by atoms with Gasteiger partial charge in [0.2, 0.25) is 17.8 Å². The van der Waals surface area contributed by atoms with Crippen LogP contribution in [0.25, 0.3) is 0 Å². The summed E-state index contributed by atoms with van der Waals surface area (Å²) in [6, 6.07) is 10.1. The third-order valence-electron chi connectivity index (χ3n) is 4.81. The van der Waals surface area contributed by atoms with E-state index in [1.165, 1.54) is 12.8 Å². The molecule has 2 fully saturated rings. The van der Waals surface area contributed by atoms with Crippen LogP contribution in [0.5, 0.6) is 0 Å². The zero-order chi connectivity index (χ0) is 18.5. The van der Waals surface area contributed by atoms with E-state index in [1.807, 2.05) is 37.3 Å². The van der Waals surface area contributed by atoms with Crippen molar-refractivity contribution in [2.45, 2.75) is 19.8 Å². The topological polar surface area (TPSA) is 78.8 Å². The summed E-state index contributed by atoms with van der Waals surface area (Å²) < 4.78 is 5.45. The number of nitrogens with zero attached hydrogens (tertiary/aromatic N) is 6. The lowest BCUT2D eigenvalue weighted by Gasteiger charge is -2.27. The van der Waals surface area contributed by atoms with Gasteiger partial charge in [-0.2, -0.15) is 20.1 Å². The molecule has 8 nitrogen and oxygen atoms in total. The number of hydrogen-bond donors (Lipinski definition) is 1. The van der Waals surface area contributed by atoms with Crippen LogP contribution < -0.4 is 15.2 Å². The average Bonchev–Trinajstić information content (AvgIpc) is 3.28. The maximum Gasteiger partial charge on any atom is 0.250 e. The monoisotopic (exact) mass is 367 g/mol. The predicted molar refractivity (Wildman–Crippen MR) is 107 cm³/mol. The Hall–Kier alpha value is -2.74. The lowest BCUT2D eigenvalue weighted by Crippen LogP contribution is -2.38. The van der Waals surface area contributed by atoms with E-state index < -0.39 is 0 Å². The second-order valence-electron chi connectivity index (χ2n) is 6.73. The van der Waals surface area contributed by atoms with Crippen molar-refractivity contribution < 1.29 is 4.74 Å². The van der Waals surface area contributed by atoms with Crippen LogP contribution in [0.4, 0.5) is 17.8 Å². The highest BCUT2D eigenvalue weighted by Crippen LogP contribution is 2.21. The summed E-state index contributed by atoms with van der Waals surface area (Å²) in [6.07, 6.45) is 2.35. The second-order valence-corrected chi connectivity index (χ2v) is 6.73. The first-order valence-electron chi connectivity index (χ1n) is 9.49.